The van der Waals surface area contributed by atoms with Gasteiger partial charge in [-0.15, -0.1) is 0 Å². The molecule has 0 heterocycles. The zero-order chi connectivity index (χ0) is 16.3. The van der Waals surface area contributed by atoms with E-state index < -0.39 is 10.0 Å². The van der Waals surface area contributed by atoms with E-state index in [2.05, 4.69) is 4.72 Å². The highest BCUT2D eigenvalue weighted by molar-refractivity contribution is 7.89. The summed E-state index contributed by atoms with van der Waals surface area (Å²) in [6.45, 7) is 0.195. The highest BCUT2D eigenvalue weighted by atomic mass is 35.5. The summed E-state index contributed by atoms with van der Waals surface area (Å²) in [5.74, 6) is 0. The molecule has 2 aromatic carbocycles. The summed E-state index contributed by atoms with van der Waals surface area (Å²) in [6, 6.07) is 11.8. The normalized spacial score (nSPS) is 11.5. The number of nitrogens with zero attached hydrogens (tertiary/aromatic N) is 1. The molecule has 118 valence electrons. The third-order valence-electron chi connectivity index (χ3n) is 3.07. The minimum Gasteiger partial charge on any atom is -0.378 e. The van der Waals surface area contributed by atoms with Crippen molar-refractivity contribution >= 4 is 38.9 Å². The first kappa shape index (κ1) is 17.1. The number of anilines is 1. The van der Waals surface area contributed by atoms with Gasteiger partial charge in [-0.05, 0) is 35.9 Å². The monoisotopic (exact) mass is 358 g/mol. The summed E-state index contributed by atoms with van der Waals surface area (Å²) >= 11 is 11.7. The van der Waals surface area contributed by atoms with E-state index in [1.807, 2.05) is 43.3 Å². The fourth-order valence-corrected chi connectivity index (χ4v) is 3.60. The summed E-state index contributed by atoms with van der Waals surface area (Å²) in [7, 11) is 0.231. The molecule has 0 fully saturated rings. The van der Waals surface area contributed by atoms with Gasteiger partial charge in [0.2, 0.25) is 10.0 Å². The SMILES string of the molecule is CN(C)c1ccc(CNS(=O)(=O)c2cc(Cl)cc(Cl)c2)cc1. The van der Waals surface area contributed by atoms with Crippen molar-refractivity contribution < 1.29 is 8.42 Å². The maximum Gasteiger partial charge on any atom is 0.240 e. The third kappa shape index (κ3) is 4.36. The molecule has 0 spiro atoms. The second kappa shape index (κ2) is 6.87. The van der Waals surface area contributed by atoms with Crippen molar-refractivity contribution in [1.82, 2.24) is 4.72 Å². The molecule has 4 nitrogen and oxygen atoms in total. The molecule has 7 heteroatoms. The van der Waals surface area contributed by atoms with Crippen molar-refractivity contribution in [2.75, 3.05) is 19.0 Å². The predicted octanol–water partition coefficient (Wildman–Crippen LogP) is 3.54. The molecule has 0 radical (unpaired) electrons. The van der Waals surface area contributed by atoms with Gasteiger partial charge >= 0.3 is 0 Å². The quantitative estimate of drug-likeness (QED) is 0.889. The van der Waals surface area contributed by atoms with Crippen LogP contribution in [0.4, 0.5) is 5.69 Å². The highest BCUT2D eigenvalue weighted by Gasteiger charge is 2.15. The number of benzene rings is 2. The van der Waals surface area contributed by atoms with E-state index in [1.165, 1.54) is 18.2 Å². The Kier molecular flexibility index (Phi) is 5.34. The number of hydrogen-bond donors (Lipinski definition) is 1. The topological polar surface area (TPSA) is 49.4 Å². The van der Waals surface area contributed by atoms with Gasteiger partial charge in [0.15, 0.2) is 0 Å². The smallest absolute Gasteiger partial charge is 0.240 e. The first-order valence-corrected chi connectivity index (χ1v) is 8.74. The van der Waals surface area contributed by atoms with E-state index in [9.17, 15) is 8.42 Å². The predicted molar refractivity (Wildman–Crippen MR) is 91.3 cm³/mol. The van der Waals surface area contributed by atoms with Crippen molar-refractivity contribution in [3.63, 3.8) is 0 Å². The Morgan fingerprint density at radius 1 is 1.00 bits per heavy atom. The van der Waals surface area contributed by atoms with Gasteiger partial charge < -0.3 is 4.90 Å². The number of rotatable bonds is 5. The third-order valence-corrected chi connectivity index (χ3v) is 4.88. The minimum absolute atomic E-state index is 0.0508. The van der Waals surface area contributed by atoms with Crippen LogP contribution in [0, 0.1) is 0 Å². The molecule has 0 atom stereocenters. The van der Waals surface area contributed by atoms with Crippen LogP contribution in [-0.4, -0.2) is 22.5 Å². The maximum atomic E-state index is 12.2. The van der Waals surface area contributed by atoms with Crippen molar-refractivity contribution in [1.29, 1.82) is 0 Å². The van der Waals surface area contributed by atoms with Crippen LogP contribution in [0.1, 0.15) is 5.56 Å². The van der Waals surface area contributed by atoms with Gasteiger partial charge in [-0.2, -0.15) is 0 Å². The van der Waals surface area contributed by atoms with Crippen molar-refractivity contribution in [2.24, 2.45) is 0 Å². The Labute approximate surface area is 140 Å². The van der Waals surface area contributed by atoms with Gasteiger partial charge in [-0.1, -0.05) is 35.3 Å². The Morgan fingerprint density at radius 3 is 2.05 bits per heavy atom. The molecule has 0 aromatic heterocycles. The lowest BCUT2D eigenvalue weighted by molar-refractivity contribution is 0.581. The molecule has 2 aromatic rings. The van der Waals surface area contributed by atoms with Crippen LogP contribution in [0.2, 0.25) is 10.0 Å². The van der Waals surface area contributed by atoms with Gasteiger partial charge in [-0.3, -0.25) is 0 Å². The zero-order valence-electron chi connectivity index (χ0n) is 12.2. The Bertz CT molecular complexity index is 739. The average Bonchev–Trinajstić information content (AvgIpc) is 2.44. The molecule has 1 N–H and O–H groups in total. The summed E-state index contributed by atoms with van der Waals surface area (Å²) < 4.78 is 27.0. The van der Waals surface area contributed by atoms with Crippen molar-refractivity contribution in [3.8, 4) is 0 Å². The van der Waals surface area contributed by atoms with E-state index in [0.717, 1.165) is 11.3 Å². The number of hydrogen-bond acceptors (Lipinski definition) is 3. The molecule has 0 aliphatic carbocycles. The summed E-state index contributed by atoms with van der Waals surface area (Å²) in [5.41, 5.74) is 1.91. The van der Waals surface area contributed by atoms with E-state index in [4.69, 9.17) is 23.2 Å². The second-order valence-electron chi connectivity index (χ2n) is 4.99. The van der Waals surface area contributed by atoms with Gasteiger partial charge in [0.1, 0.15) is 0 Å². The van der Waals surface area contributed by atoms with Crippen LogP contribution < -0.4 is 9.62 Å². The molecule has 0 aliphatic heterocycles. The molecule has 0 saturated heterocycles. The fraction of sp³-hybridized carbons (Fsp3) is 0.200. The number of nitrogens with one attached hydrogen (secondary N) is 1. The minimum atomic E-state index is -3.66. The van der Waals surface area contributed by atoms with E-state index in [-0.39, 0.29) is 21.5 Å². The van der Waals surface area contributed by atoms with Gasteiger partial charge in [0.25, 0.3) is 0 Å². The highest BCUT2D eigenvalue weighted by Crippen LogP contribution is 2.22. The standard InChI is InChI=1S/C15H16Cl2N2O2S/c1-19(2)14-5-3-11(4-6-14)10-18-22(20,21)15-8-12(16)7-13(17)9-15/h3-9,18H,10H2,1-2H3. The Balaban J connectivity index is 2.12. The lowest BCUT2D eigenvalue weighted by Crippen LogP contribution is -2.23. The molecular weight excluding hydrogens is 343 g/mol. The molecule has 0 amide bonds. The van der Waals surface area contributed by atoms with Crippen LogP contribution in [-0.2, 0) is 16.6 Å². The molecule has 0 bridgehead atoms. The maximum absolute atomic E-state index is 12.2. The molecule has 0 unspecified atom stereocenters. The summed E-state index contributed by atoms with van der Waals surface area (Å²) in [5, 5.41) is 0.562. The summed E-state index contributed by atoms with van der Waals surface area (Å²) in [4.78, 5) is 2.02. The van der Waals surface area contributed by atoms with Gasteiger partial charge in [0.05, 0.1) is 4.90 Å². The molecule has 0 aliphatic rings. The first-order chi connectivity index (χ1) is 10.3. The fourth-order valence-electron chi connectivity index (χ4n) is 1.86. The van der Waals surface area contributed by atoms with Crippen LogP contribution in [0.15, 0.2) is 47.4 Å². The lowest BCUT2D eigenvalue weighted by Gasteiger charge is -2.13. The van der Waals surface area contributed by atoms with Crippen LogP contribution in [0.25, 0.3) is 0 Å². The van der Waals surface area contributed by atoms with E-state index in [1.54, 1.807) is 0 Å². The largest absolute Gasteiger partial charge is 0.378 e. The van der Waals surface area contributed by atoms with Crippen LogP contribution >= 0.6 is 23.2 Å². The van der Waals surface area contributed by atoms with Gasteiger partial charge in [0, 0.05) is 36.4 Å². The molecular formula is C15H16Cl2N2O2S. The molecule has 0 saturated carbocycles. The summed E-state index contributed by atoms with van der Waals surface area (Å²) in [6.07, 6.45) is 0. The van der Waals surface area contributed by atoms with E-state index >= 15 is 0 Å². The van der Waals surface area contributed by atoms with Gasteiger partial charge in [-0.25, -0.2) is 13.1 Å². The Hall–Kier alpha value is -1.27. The number of halogens is 2. The van der Waals surface area contributed by atoms with Crippen molar-refractivity contribution in [2.45, 2.75) is 11.4 Å². The first-order valence-electron chi connectivity index (χ1n) is 6.50. The average molecular weight is 359 g/mol. The van der Waals surface area contributed by atoms with Crippen LogP contribution in [0.5, 0.6) is 0 Å². The Morgan fingerprint density at radius 2 is 1.55 bits per heavy atom. The van der Waals surface area contributed by atoms with Crippen LogP contribution in [0.3, 0.4) is 0 Å². The zero-order valence-corrected chi connectivity index (χ0v) is 14.5. The molecule has 2 rings (SSSR count). The number of sulfonamides is 1. The second-order valence-corrected chi connectivity index (χ2v) is 7.63. The molecule has 22 heavy (non-hydrogen) atoms. The lowest BCUT2D eigenvalue weighted by atomic mass is 10.2. The van der Waals surface area contributed by atoms with E-state index in [0.29, 0.717) is 0 Å². The van der Waals surface area contributed by atoms with Crippen molar-refractivity contribution in [3.05, 3.63) is 58.1 Å².